The van der Waals surface area contributed by atoms with E-state index in [0.29, 0.717) is 10.6 Å². The third kappa shape index (κ3) is 4.04. The van der Waals surface area contributed by atoms with Crippen LogP contribution in [0.2, 0.25) is 5.02 Å². The van der Waals surface area contributed by atoms with Crippen LogP contribution in [0.1, 0.15) is 18.1 Å². The van der Waals surface area contributed by atoms with Crippen molar-refractivity contribution in [1.29, 1.82) is 0 Å². The van der Waals surface area contributed by atoms with Crippen LogP contribution in [0.15, 0.2) is 48.5 Å². The highest BCUT2D eigenvalue weighted by molar-refractivity contribution is 6.30. The second-order valence-electron chi connectivity index (χ2n) is 5.27. The average Bonchev–Trinajstić information content (AvgIpc) is 2.48. The van der Waals surface area contributed by atoms with Gasteiger partial charge in [-0.1, -0.05) is 41.9 Å². The Morgan fingerprint density at radius 2 is 1.95 bits per heavy atom. The lowest BCUT2D eigenvalue weighted by atomic mass is 9.96. The van der Waals surface area contributed by atoms with Gasteiger partial charge < -0.3 is 10.4 Å². The molecule has 0 amide bonds. The van der Waals surface area contributed by atoms with Gasteiger partial charge in [0.15, 0.2) is 0 Å². The number of rotatable bonds is 6. The van der Waals surface area contributed by atoms with Crippen LogP contribution in [0.5, 0.6) is 0 Å². The molecule has 1 unspecified atom stereocenters. The van der Waals surface area contributed by atoms with Crippen molar-refractivity contribution in [3.05, 3.63) is 74.8 Å². The molecular formula is C16H17ClN2O3. The average molecular weight is 321 g/mol. The maximum atomic E-state index is 11.0. The highest BCUT2D eigenvalue weighted by Crippen LogP contribution is 2.23. The van der Waals surface area contributed by atoms with Gasteiger partial charge in [0.25, 0.3) is 5.69 Å². The smallest absolute Gasteiger partial charge is 0.273 e. The first kappa shape index (κ1) is 16.4. The van der Waals surface area contributed by atoms with E-state index in [1.165, 1.54) is 12.1 Å². The molecule has 0 radical (unpaired) electrons. The van der Waals surface area contributed by atoms with Crippen LogP contribution >= 0.6 is 11.6 Å². The van der Waals surface area contributed by atoms with E-state index < -0.39 is 10.5 Å². The minimum Gasteiger partial charge on any atom is -0.384 e. The molecule has 0 aliphatic rings. The van der Waals surface area contributed by atoms with Gasteiger partial charge in [-0.25, -0.2) is 0 Å². The summed E-state index contributed by atoms with van der Waals surface area (Å²) in [6.45, 7) is 2.21. The fraction of sp³-hybridized carbons (Fsp3) is 0.250. The van der Waals surface area contributed by atoms with Crippen LogP contribution in [0, 0.1) is 10.1 Å². The number of benzene rings is 2. The van der Waals surface area contributed by atoms with Crippen molar-refractivity contribution in [1.82, 2.24) is 5.32 Å². The number of aliphatic hydroxyl groups is 1. The number of nitrogens with one attached hydrogen (secondary N) is 1. The zero-order valence-electron chi connectivity index (χ0n) is 12.1. The van der Waals surface area contributed by atoms with Crippen molar-refractivity contribution in [3.63, 3.8) is 0 Å². The van der Waals surface area contributed by atoms with E-state index in [0.717, 1.165) is 5.56 Å². The van der Waals surface area contributed by atoms with E-state index in [9.17, 15) is 15.2 Å². The monoisotopic (exact) mass is 320 g/mol. The number of nitro benzene ring substituents is 1. The third-order valence-corrected chi connectivity index (χ3v) is 3.65. The molecule has 0 bridgehead atoms. The van der Waals surface area contributed by atoms with Gasteiger partial charge in [0.05, 0.1) is 10.5 Å². The van der Waals surface area contributed by atoms with E-state index in [1.807, 2.05) is 30.3 Å². The fourth-order valence-electron chi connectivity index (χ4n) is 2.21. The van der Waals surface area contributed by atoms with Crippen LogP contribution in [0.4, 0.5) is 5.69 Å². The molecule has 22 heavy (non-hydrogen) atoms. The summed E-state index contributed by atoms with van der Waals surface area (Å²) in [5.74, 6) is 0. The lowest BCUT2D eigenvalue weighted by molar-refractivity contribution is -0.385. The van der Waals surface area contributed by atoms with Gasteiger partial charge in [0, 0.05) is 29.7 Å². The first-order valence-corrected chi connectivity index (χ1v) is 7.19. The maximum Gasteiger partial charge on any atom is 0.273 e. The molecule has 6 heteroatoms. The van der Waals surface area contributed by atoms with Crippen molar-refractivity contribution in [3.8, 4) is 0 Å². The highest BCUT2D eigenvalue weighted by atomic mass is 35.5. The van der Waals surface area contributed by atoms with Crippen LogP contribution in [0.3, 0.4) is 0 Å². The Kier molecular flexibility index (Phi) is 5.13. The summed E-state index contributed by atoms with van der Waals surface area (Å²) in [6, 6.07) is 13.7. The van der Waals surface area contributed by atoms with Crippen molar-refractivity contribution >= 4 is 17.3 Å². The Morgan fingerprint density at radius 1 is 1.27 bits per heavy atom. The van der Waals surface area contributed by atoms with Crippen molar-refractivity contribution in [2.75, 3.05) is 6.54 Å². The zero-order valence-corrected chi connectivity index (χ0v) is 12.9. The molecule has 0 spiro atoms. The van der Waals surface area contributed by atoms with Crippen molar-refractivity contribution in [2.45, 2.75) is 19.1 Å². The predicted octanol–water partition coefficient (Wildman–Crippen LogP) is 3.25. The lowest BCUT2D eigenvalue weighted by Gasteiger charge is -2.24. The summed E-state index contributed by atoms with van der Waals surface area (Å²) in [5.41, 5.74) is 0.218. The molecule has 2 aromatic carbocycles. The first-order valence-electron chi connectivity index (χ1n) is 6.81. The van der Waals surface area contributed by atoms with Gasteiger partial charge in [0.1, 0.15) is 0 Å². The zero-order chi connectivity index (χ0) is 16.2. The largest absolute Gasteiger partial charge is 0.384 e. The molecule has 2 rings (SSSR count). The predicted molar refractivity (Wildman–Crippen MR) is 85.8 cm³/mol. The van der Waals surface area contributed by atoms with Crippen LogP contribution < -0.4 is 5.32 Å². The van der Waals surface area contributed by atoms with E-state index in [1.54, 1.807) is 13.0 Å². The Labute approximate surface area is 133 Å². The molecule has 1 atom stereocenters. The molecular weight excluding hydrogens is 304 g/mol. The van der Waals surface area contributed by atoms with E-state index in [4.69, 9.17) is 11.6 Å². The SMILES string of the molecule is CC(O)(CNCc1cc(Cl)ccc1[N+](=O)[O-])c1ccccc1. The minimum absolute atomic E-state index is 0.0104. The fourth-order valence-corrected chi connectivity index (χ4v) is 2.41. The summed E-state index contributed by atoms with van der Waals surface area (Å²) in [5, 5.41) is 25.0. The first-order chi connectivity index (χ1) is 10.4. The number of hydrogen-bond donors (Lipinski definition) is 2. The van der Waals surface area contributed by atoms with Crippen LogP contribution in [-0.4, -0.2) is 16.6 Å². The Hall–Kier alpha value is -1.95. The minimum atomic E-state index is -1.06. The molecule has 0 saturated heterocycles. The van der Waals surface area contributed by atoms with Gasteiger partial charge in [-0.15, -0.1) is 0 Å². The van der Waals surface area contributed by atoms with Crippen LogP contribution in [-0.2, 0) is 12.1 Å². The quantitative estimate of drug-likeness (QED) is 0.633. The number of nitro groups is 1. The highest BCUT2D eigenvalue weighted by Gasteiger charge is 2.22. The lowest BCUT2D eigenvalue weighted by Crippen LogP contribution is -2.35. The Morgan fingerprint density at radius 3 is 2.59 bits per heavy atom. The molecule has 5 nitrogen and oxygen atoms in total. The van der Waals surface area contributed by atoms with E-state index in [2.05, 4.69) is 5.32 Å². The summed E-state index contributed by atoms with van der Waals surface area (Å²) in [6.07, 6.45) is 0. The third-order valence-electron chi connectivity index (χ3n) is 3.42. The van der Waals surface area contributed by atoms with E-state index >= 15 is 0 Å². The normalized spacial score (nSPS) is 13.6. The maximum absolute atomic E-state index is 11.0. The molecule has 2 N–H and O–H groups in total. The topological polar surface area (TPSA) is 75.4 Å². The van der Waals surface area contributed by atoms with Crippen molar-refractivity contribution < 1.29 is 10.0 Å². The Bertz CT molecular complexity index is 660. The molecule has 0 aliphatic carbocycles. The van der Waals surface area contributed by atoms with Crippen LogP contribution in [0.25, 0.3) is 0 Å². The summed E-state index contributed by atoms with van der Waals surface area (Å²) in [7, 11) is 0. The van der Waals surface area contributed by atoms with Gasteiger partial charge >= 0.3 is 0 Å². The summed E-state index contributed by atoms with van der Waals surface area (Å²) >= 11 is 5.89. The molecule has 0 aromatic heterocycles. The second-order valence-corrected chi connectivity index (χ2v) is 5.71. The molecule has 0 fully saturated rings. The van der Waals surface area contributed by atoms with Crippen molar-refractivity contribution in [2.24, 2.45) is 0 Å². The second kappa shape index (κ2) is 6.87. The molecule has 116 valence electrons. The molecule has 0 saturated carbocycles. The molecule has 0 aliphatic heterocycles. The number of hydrogen-bond acceptors (Lipinski definition) is 4. The van der Waals surface area contributed by atoms with Gasteiger partial charge in [0.2, 0.25) is 0 Å². The molecule has 2 aromatic rings. The van der Waals surface area contributed by atoms with Gasteiger partial charge in [-0.3, -0.25) is 10.1 Å². The van der Waals surface area contributed by atoms with Gasteiger partial charge in [-0.05, 0) is 24.6 Å². The number of nitrogens with zero attached hydrogens (tertiary/aromatic N) is 1. The summed E-state index contributed by atoms with van der Waals surface area (Å²) < 4.78 is 0. The van der Waals surface area contributed by atoms with E-state index in [-0.39, 0.29) is 18.8 Å². The Balaban J connectivity index is 2.05. The standard InChI is InChI=1S/C16H17ClN2O3/c1-16(20,13-5-3-2-4-6-13)11-18-10-12-9-14(17)7-8-15(12)19(21)22/h2-9,18,20H,10-11H2,1H3. The summed E-state index contributed by atoms with van der Waals surface area (Å²) in [4.78, 5) is 10.6. The molecule has 0 heterocycles. The number of halogens is 1. The van der Waals surface area contributed by atoms with Gasteiger partial charge in [-0.2, -0.15) is 0 Å².